The maximum atomic E-state index is 14.3. The minimum Gasteiger partial charge on any atom is -0.356 e. The molecule has 6 rings (SSSR count). The molecule has 0 bridgehead atoms. The summed E-state index contributed by atoms with van der Waals surface area (Å²) in [5.74, 6) is -0.577. The van der Waals surface area contributed by atoms with E-state index in [1.165, 1.54) is 4.90 Å². The molecular weight excluding hydrogens is 500 g/mol. The second-order valence-corrected chi connectivity index (χ2v) is 10.7. The second-order valence-electron chi connectivity index (χ2n) is 10.7. The van der Waals surface area contributed by atoms with Crippen LogP contribution in [0, 0.1) is 6.92 Å². The van der Waals surface area contributed by atoms with Crippen molar-refractivity contribution in [3.05, 3.63) is 101 Å². The molecule has 1 aromatic heterocycles. The fourth-order valence-electron chi connectivity index (χ4n) is 6.22. The average molecular weight is 535 g/mol. The normalized spacial score (nSPS) is 18.2. The summed E-state index contributed by atoms with van der Waals surface area (Å²) in [5.41, 5.74) is 5.66. The van der Waals surface area contributed by atoms with Gasteiger partial charge in [0.25, 0.3) is 11.8 Å². The fourth-order valence-corrected chi connectivity index (χ4v) is 6.22. The zero-order chi connectivity index (χ0) is 27.8. The summed E-state index contributed by atoms with van der Waals surface area (Å²) in [5, 5.41) is 4.05. The minimum atomic E-state index is -0.672. The van der Waals surface area contributed by atoms with Gasteiger partial charge < -0.3 is 10.3 Å². The topological polar surface area (TPSA) is 85.5 Å². The molecule has 7 nitrogen and oxygen atoms in total. The quantitative estimate of drug-likeness (QED) is 0.206. The van der Waals surface area contributed by atoms with Gasteiger partial charge in [0.2, 0.25) is 0 Å². The van der Waals surface area contributed by atoms with Gasteiger partial charge in [-0.15, -0.1) is 0 Å². The molecule has 3 heterocycles. The lowest BCUT2D eigenvalue weighted by Gasteiger charge is -2.36. The second kappa shape index (κ2) is 10.6. The number of urea groups is 1. The highest BCUT2D eigenvalue weighted by atomic mass is 16.2. The van der Waals surface area contributed by atoms with Crippen molar-refractivity contribution in [2.45, 2.75) is 58.0 Å². The van der Waals surface area contributed by atoms with E-state index in [0.29, 0.717) is 24.2 Å². The number of amides is 4. The number of H-pyrrole nitrogens is 1. The number of nitrogens with zero attached hydrogens (tertiary/aromatic N) is 2. The molecule has 1 fully saturated rings. The van der Waals surface area contributed by atoms with Crippen molar-refractivity contribution in [1.29, 1.82) is 0 Å². The van der Waals surface area contributed by atoms with E-state index in [1.807, 2.05) is 49.4 Å². The van der Waals surface area contributed by atoms with Crippen LogP contribution in [-0.2, 0) is 11.2 Å². The van der Waals surface area contributed by atoms with Crippen LogP contribution in [-0.4, -0.2) is 40.3 Å². The predicted molar refractivity (Wildman–Crippen MR) is 156 cm³/mol. The first kappa shape index (κ1) is 25.9. The number of hydrogen-bond acceptors (Lipinski definition) is 3. The molecule has 4 amide bonds. The molecule has 0 spiro atoms. The number of fused-ring (bicyclic) bond motifs is 4. The number of rotatable bonds is 8. The Bertz CT molecular complexity index is 1610. The molecule has 7 heteroatoms. The van der Waals surface area contributed by atoms with E-state index in [0.717, 1.165) is 59.0 Å². The van der Waals surface area contributed by atoms with Gasteiger partial charge in [0, 0.05) is 29.6 Å². The van der Waals surface area contributed by atoms with Gasteiger partial charge in [-0.2, -0.15) is 0 Å². The highest BCUT2D eigenvalue weighted by molar-refractivity contribution is 6.24. The summed E-state index contributed by atoms with van der Waals surface area (Å²) >= 11 is 0. The summed E-state index contributed by atoms with van der Waals surface area (Å²) in [6.07, 6.45) is 4.60. The molecular formula is C33H34N4O3. The van der Waals surface area contributed by atoms with E-state index in [-0.39, 0.29) is 11.8 Å². The largest absolute Gasteiger partial charge is 0.356 e. The van der Waals surface area contributed by atoms with Crippen LogP contribution in [0.5, 0.6) is 0 Å². The number of carbonyl (C=O) groups is 3. The Morgan fingerprint density at radius 2 is 1.70 bits per heavy atom. The molecule has 2 unspecified atom stereocenters. The molecule has 40 heavy (non-hydrogen) atoms. The van der Waals surface area contributed by atoms with Crippen molar-refractivity contribution in [3.63, 3.8) is 0 Å². The van der Waals surface area contributed by atoms with Crippen LogP contribution in [0.25, 0.3) is 10.9 Å². The van der Waals surface area contributed by atoms with Crippen LogP contribution in [0.3, 0.4) is 0 Å². The summed E-state index contributed by atoms with van der Waals surface area (Å²) in [4.78, 5) is 48.1. The number of anilines is 1. The van der Waals surface area contributed by atoms with Crippen molar-refractivity contribution in [3.8, 4) is 0 Å². The number of carbonyl (C=O) groups excluding carboxylic acids is 3. The summed E-state index contributed by atoms with van der Waals surface area (Å²) in [7, 11) is 0. The Hall–Kier alpha value is -4.39. The first-order valence-corrected chi connectivity index (χ1v) is 14.2. The molecule has 0 aliphatic carbocycles. The minimum absolute atomic E-state index is 0.274. The third-order valence-corrected chi connectivity index (χ3v) is 8.24. The first-order valence-electron chi connectivity index (χ1n) is 14.2. The standard InChI is InChI=1S/C33H34N4O3/c1-3-4-5-12-19-34-31(38)24-16-9-11-18-27(24)37-32(39)28-20-25-23-15-8-10-17-26(23)35-29(25)30(36(28)33(37)40)22-14-7-6-13-21(22)2/h6-11,13-18,28,30,35H,3-5,12,19-20H2,1-2H3,(H,34,38). The van der Waals surface area contributed by atoms with Gasteiger partial charge in [-0.25, -0.2) is 9.69 Å². The van der Waals surface area contributed by atoms with Crippen LogP contribution in [0.4, 0.5) is 10.5 Å². The van der Waals surface area contributed by atoms with Gasteiger partial charge in [-0.05, 0) is 48.2 Å². The number of imide groups is 1. The van der Waals surface area contributed by atoms with E-state index < -0.39 is 18.1 Å². The fraction of sp³-hybridized carbons (Fsp3) is 0.303. The zero-order valence-corrected chi connectivity index (χ0v) is 22.9. The van der Waals surface area contributed by atoms with E-state index in [9.17, 15) is 14.4 Å². The Labute approximate surface area is 234 Å². The summed E-state index contributed by atoms with van der Waals surface area (Å²) in [6, 6.07) is 21.4. The molecule has 2 aliphatic heterocycles. The monoisotopic (exact) mass is 534 g/mol. The average Bonchev–Trinajstić information content (AvgIpc) is 3.46. The number of aromatic amines is 1. The number of benzene rings is 3. The number of unbranched alkanes of at least 4 members (excludes halogenated alkanes) is 3. The van der Waals surface area contributed by atoms with Gasteiger partial charge in [-0.3, -0.25) is 14.5 Å². The molecule has 2 atom stereocenters. The lowest BCUT2D eigenvalue weighted by Crippen LogP contribution is -2.44. The van der Waals surface area contributed by atoms with Crippen LogP contribution in [0.15, 0.2) is 72.8 Å². The predicted octanol–water partition coefficient (Wildman–Crippen LogP) is 6.27. The molecule has 2 aliphatic rings. The lowest BCUT2D eigenvalue weighted by atomic mass is 9.87. The van der Waals surface area contributed by atoms with E-state index in [2.05, 4.69) is 23.3 Å². The van der Waals surface area contributed by atoms with Gasteiger partial charge >= 0.3 is 6.03 Å². The Morgan fingerprint density at radius 3 is 2.52 bits per heavy atom. The van der Waals surface area contributed by atoms with E-state index in [1.54, 1.807) is 29.2 Å². The lowest BCUT2D eigenvalue weighted by molar-refractivity contribution is -0.120. The summed E-state index contributed by atoms with van der Waals surface area (Å²) < 4.78 is 0. The number of nitrogens with one attached hydrogen (secondary N) is 2. The molecule has 4 aromatic rings. The Kier molecular flexibility index (Phi) is 6.88. The van der Waals surface area contributed by atoms with Crippen molar-refractivity contribution in [2.75, 3.05) is 11.4 Å². The maximum absolute atomic E-state index is 14.3. The SMILES string of the molecule is CCCCCCNC(=O)c1ccccc1N1C(=O)C2Cc3c([nH]c4ccccc34)C(c3ccccc3C)N2C1=O. The van der Waals surface area contributed by atoms with Gasteiger partial charge in [0.15, 0.2) is 0 Å². The van der Waals surface area contributed by atoms with Crippen LogP contribution in [0.2, 0.25) is 0 Å². The number of aromatic nitrogens is 1. The van der Waals surface area contributed by atoms with Crippen molar-refractivity contribution in [2.24, 2.45) is 0 Å². The molecule has 3 aromatic carbocycles. The van der Waals surface area contributed by atoms with Gasteiger partial charge in [-0.1, -0.05) is 80.8 Å². The third-order valence-electron chi connectivity index (χ3n) is 8.24. The maximum Gasteiger partial charge on any atom is 0.332 e. The van der Waals surface area contributed by atoms with E-state index >= 15 is 0 Å². The van der Waals surface area contributed by atoms with Crippen LogP contribution >= 0.6 is 0 Å². The molecule has 0 saturated carbocycles. The van der Waals surface area contributed by atoms with Crippen LogP contribution < -0.4 is 10.2 Å². The number of aryl methyl sites for hydroxylation is 1. The highest BCUT2D eigenvalue weighted by Crippen LogP contribution is 2.45. The van der Waals surface area contributed by atoms with Crippen molar-refractivity contribution >= 4 is 34.4 Å². The molecule has 2 N–H and O–H groups in total. The molecule has 204 valence electrons. The van der Waals surface area contributed by atoms with Crippen molar-refractivity contribution < 1.29 is 14.4 Å². The highest BCUT2D eigenvalue weighted by Gasteiger charge is 2.53. The Balaban J connectivity index is 1.40. The van der Waals surface area contributed by atoms with E-state index in [4.69, 9.17) is 0 Å². The smallest absolute Gasteiger partial charge is 0.332 e. The zero-order valence-electron chi connectivity index (χ0n) is 22.9. The van der Waals surface area contributed by atoms with Crippen molar-refractivity contribution in [1.82, 2.24) is 15.2 Å². The van der Waals surface area contributed by atoms with Gasteiger partial charge in [0.1, 0.15) is 12.1 Å². The number of para-hydroxylation sites is 2. The van der Waals surface area contributed by atoms with Crippen LogP contribution in [0.1, 0.15) is 71.4 Å². The molecule has 1 saturated heterocycles. The molecule has 0 radical (unpaired) electrons. The Morgan fingerprint density at radius 1 is 0.950 bits per heavy atom. The third kappa shape index (κ3) is 4.26. The van der Waals surface area contributed by atoms with Gasteiger partial charge in [0.05, 0.1) is 11.3 Å². The number of hydrogen-bond donors (Lipinski definition) is 2. The summed E-state index contributed by atoms with van der Waals surface area (Å²) in [6.45, 7) is 4.73. The first-order chi connectivity index (χ1) is 19.5.